The van der Waals surface area contributed by atoms with Crippen LogP contribution in [-0.2, 0) is 11.3 Å². The molecule has 1 aromatic rings. The number of likely N-dealkylation sites (N-methyl/N-ethyl adjacent to an activating group) is 1. The van der Waals surface area contributed by atoms with E-state index in [0.29, 0.717) is 6.54 Å². The first kappa shape index (κ1) is 19.8. The number of benzene rings is 1. The van der Waals surface area contributed by atoms with Gasteiger partial charge in [-0.25, -0.2) is 0 Å². The number of nitrogens with zero attached hydrogens (tertiary/aromatic N) is 3. The number of carbonyl (C=O) groups is 1. The molecule has 0 aliphatic carbocycles. The van der Waals surface area contributed by atoms with E-state index in [0.717, 1.165) is 6.54 Å². The monoisotopic (exact) mass is 345 g/mol. The Bertz CT molecular complexity index is 525. The zero-order valence-corrected chi connectivity index (χ0v) is 16.7. The Morgan fingerprint density at radius 3 is 2.08 bits per heavy atom. The van der Waals surface area contributed by atoms with Crippen molar-refractivity contribution in [1.29, 1.82) is 0 Å². The highest BCUT2D eigenvalue weighted by Crippen LogP contribution is 2.20. The molecule has 0 aromatic heterocycles. The molecule has 25 heavy (non-hydrogen) atoms. The van der Waals surface area contributed by atoms with E-state index in [2.05, 4.69) is 61.8 Å². The Balaban J connectivity index is 1.89. The van der Waals surface area contributed by atoms with Crippen molar-refractivity contribution < 1.29 is 4.79 Å². The van der Waals surface area contributed by atoms with Crippen LogP contribution in [0.25, 0.3) is 0 Å². The summed E-state index contributed by atoms with van der Waals surface area (Å²) in [6.45, 7) is 11.9. The second-order valence-corrected chi connectivity index (χ2v) is 7.87. The summed E-state index contributed by atoms with van der Waals surface area (Å²) >= 11 is 0. The van der Waals surface area contributed by atoms with Crippen molar-refractivity contribution in [2.75, 3.05) is 31.6 Å². The van der Waals surface area contributed by atoms with E-state index < -0.39 is 0 Å². The second-order valence-electron chi connectivity index (χ2n) is 7.87. The molecule has 0 atom stereocenters. The van der Waals surface area contributed by atoms with E-state index in [1.54, 1.807) is 0 Å². The van der Waals surface area contributed by atoms with Crippen molar-refractivity contribution in [2.24, 2.45) is 0 Å². The van der Waals surface area contributed by atoms with Gasteiger partial charge in [0.15, 0.2) is 0 Å². The SMILES string of the molecule is CC(C)N(C(=O)CN(C)Cc1ccc(N2CCCCC2)cc1)C(C)C. The lowest BCUT2D eigenvalue weighted by atomic mass is 10.1. The summed E-state index contributed by atoms with van der Waals surface area (Å²) in [5, 5.41) is 0. The highest BCUT2D eigenvalue weighted by Gasteiger charge is 2.21. The summed E-state index contributed by atoms with van der Waals surface area (Å²) in [6, 6.07) is 9.34. The van der Waals surface area contributed by atoms with E-state index >= 15 is 0 Å². The van der Waals surface area contributed by atoms with Crippen molar-refractivity contribution in [3.63, 3.8) is 0 Å². The molecule has 0 radical (unpaired) electrons. The van der Waals surface area contributed by atoms with Crippen LogP contribution in [0.15, 0.2) is 24.3 Å². The van der Waals surface area contributed by atoms with E-state index in [1.807, 2.05) is 11.9 Å². The number of piperidine rings is 1. The molecule has 0 spiro atoms. The molecule has 1 amide bonds. The largest absolute Gasteiger partial charge is 0.372 e. The first-order valence-corrected chi connectivity index (χ1v) is 9.72. The minimum Gasteiger partial charge on any atom is -0.372 e. The van der Waals surface area contributed by atoms with E-state index in [1.165, 1.54) is 43.6 Å². The van der Waals surface area contributed by atoms with Gasteiger partial charge in [-0.3, -0.25) is 9.69 Å². The molecule has 1 heterocycles. The zero-order valence-electron chi connectivity index (χ0n) is 16.7. The normalized spacial score (nSPS) is 15.3. The number of carbonyl (C=O) groups excluding carboxylic acids is 1. The van der Waals surface area contributed by atoms with Gasteiger partial charge in [0, 0.05) is 37.4 Å². The first-order valence-electron chi connectivity index (χ1n) is 9.72. The van der Waals surface area contributed by atoms with Gasteiger partial charge in [-0.2, -0.15) is 0 Å². The fourth-order valence-corrected chi connectivity index (χ4v) is 3.82. The van der Waals surface area contributed by atoms with E-state index in [9.17, 15) is 4.79 Å². The number of hydrogen-bond acceptors (Lipinski definition) is 3. The molecule has 2 rings (SSSR count). The summed E-state index contributed by atoms with van der Waals surface area (Å²) in [5.41, 5.74) is 2.59. The maximum absolute atomic E-state index is 12.6. The van der Waals surface area contributed by atoms with Gasteiger partial charge in [-0.15, -0.1) is 0 Å². The Kier molecular flexibility index (Phi) is 7.30. The molecule has 1 fully saturated rings. The molecular weight excluding hydrogens is 310 g/mol. The fourth-order valence-electron chi connectivity index (χ4n) is 3.82. The Morgan fingerprint density at radius 2 is 1.56 bits per heavy atom. The van der Waals surface area contributed by atoms with Crippen LogP contribution in [0.3, 0.4) is 0 Å². The fraction of sp³-hybridized carbons (Fsp3) is 0.667. The highest BCUT2D eigenvalue weighted by atomic mass is 16.2. The summed E-state index contributed by atoms with van der Waals surface area (Å²) in [5.74, 6) is 0.206. The van der Waals surface area contributed by atoms with Crippen molar-refractivity contribution in [2.45, 2.75) is 65.6 Å². The molecule has 4 nitrogen and oxygen atoms in total. The van der Waals surface area contributed by atoms with Crippen molar-refractivity contribution in [3.05, 3.63) is 29.8 Å². The molecule has 140 valence electrons. The number of anilines is 1. The van der Waals surface area contributed by atoms with Crippen molar-refractivity contribution >= 4 is 11.6 Å². The van der Waals surface area contributed by atoms with Crippen LogP contribution < -0.4 is 4.90 Å². The summed E-state index contributed by atoms with van der Waals surface area (Å²) < 4.78 is 0. The smallest absolute Gasteiger partial charge is 0.237 e. The van der Waals surface area contributed by atoms with Crippen LogP contribution in [0.5, 0.6) is 0 Å². The van der Waals surface area contributed by atoms with E-state index in [-0.39, 0.29) is 18.0 Å². The third-order valence-electron chi connectivity index (χ3n) is 4.92. The minimum absolute atomic E-state index is 0.206. The molecule has 1 aliphatic heterocycles. The lowest BCUT2D eigenvalue weighted by molar-refractivity contribution is -0.135. The maximum Gasteiger partial charge on any atom is 0.237 e. The number of rotatable bonds is 7. The predicted molar refractivity (Wildman–Crippen MR) is 106 cm³/mol. The van der Waals surface area contributed by atoms with Gasteiger partial charge in [0.1, 0.15) is 0 Å². The molecule has 0 N–H and O–H groups in total. The summed E-state index contributed by atoms with van der Waals surface area (Å²) in [6.07, 6.45) is 3.96. The Labute approximate surface area is 153 Å². The molecule has 0 unspecified atom stereocenters. The van der Waals surface area contributed by atoms with Crippen LogP contribution >= 0.6 is 0 Å². The van der Waals surface area contributed by atoms with Crippen molar-refractivity contribution in [1.82, 2.24) is 9.80 Å². The second kappa shape index (κ2) is 9.23. The van der Waals surface area contributed by atoms with Crippen LogP contribution in [-0.4, -0.2) is 54.5 Å². The summed E-state index contributed by atoms with van der Waals surface area (Å²) in [7, 11) is 2.02. The van der Waals surface area contributed by atoms with Gasteiger partial charge >= 0.3 is 0 Å². The summed E-state index contributed by atoms with van der Waals surface area (Å²) in [4.78, 5) is 19.1. The standard InChI is InChI=1S/C21H35N3O/c1-17(2)24(18(3)4)21(25)16-22(5)15-19-9-11-20(12-10-19)23-13-7-6-8-14-23/h9-12,17-18H,6-8,13-16H2,1-5H3. The molecule has 1 saturated heterocycles. The van der Waals surface area contributed by atoms with Crippen LogP contribution in [0.4, 0.5) is 5.69 Å². The topological polar surface area (TPSA) is 26.8 Å². The number of hydrogen-bond donors (Lipinski definition) is 0. The van der Waals surface area contributed by atoms with Crippen LogP contribution in [0.1, 0.15) is 52.5 Å². The molecule has 1 aromatic carbocycles. The average Bonchev–Trinajstić information content (AvgIpc) is 2.55. The lowest BCUT2D eigenvalue weighted by Crippen LogP contribution is -2.46. The van der Waals surface area contributed by atoms with Gasteiger partial charge in [0.25, 0.3) is 0 Å². The molecule has 0 saturated carbocycles. The predicted octanol–water partition coefficient (Wildman–Crippen LogP) is 3.75. The Hall–Kier alpha value is -1.55. The van der Waals surface area contributed by atoms with Crippen LogP contribution in [0, 0.1) is 0 Å². The molecule has 4 heteroatoms. The van der Waals surface area contributed by atoms with Crippen LogP contribution in [0.2, 0.25) is 0 Å². The van der Waals surface area contributed by atoms with Gasteiger partial charge < -0.3 is 9.80 Å². The van der Waals surface area contributed by atoms with Gasteiger partial charge in [0.05, 0.1) is 6.54 Å². The van der Waals surface area contributed by atoms with Crippen molar-refractivity contribution in [3.8, 4) is 0 Å². The molecule has 1 aliphatic rings. The average molecular weight is 346 g/mol. The zero-order chi connectivity index (χ0) is 18.4. The third kappa shape index (κ3) is 5.74. The quantitative estimate of drug-likeness (QED) is 0.753. The van der Waals surface area contributed by atoms with Gasteiger partial charge in [0.2, 0.25) is 5.91 Å². The van der Waals surface area contributed by atoms with Gasteiger partial charge in [-0.05, 0) is 71.7 Å². The molecular formula is C21H35N3O. The van der Waals surface area contributed by atoms with E-state index in [4.69, 9.17) is 0 Å². The lowest BCUT2D eigenvalue weighted by Gasteiger charge is -2.32. The van der Waals surface area contributed by atoms with Gasteiger partial charge in [-0.1, -0.05) is 12.1 Å². The molecule has 0 bridgehead atoms. The minimum atomic E-state index is 0.206. The highest BCUT2D eigenvalue weighted by molar-refractivity contribution is 5.78. The number of amides is 1. The third-order valence-corrected chi connectivity index (χ3v) is 4.92. The maximum atomic E-state index is 12.6. The first-order chi connectivity index (χ1) is 11.9. The Morgan fingerprint density at radius 1 is 1.00 bits per heavy atom.